The summed E-state index contributed by atoms with van der Waals surface area (Å²) in [6.45, 7) is 2.82. The summed E-state index contributed by atoms with van der Waals surface area (Å²) >= 11 is 0. The number of rotatable bonds is 3. The highest BCUT2D eigenvalue weighted by Crippen LogP contribution is 2.57. The Hall–Kier alpha value is -0.120. The van der Waals surface area contributed by atoms with Gasteiger partial charge in [-0.05, 0) is 38.0 Å². The van der Waals surface area contributed by atoms with Crippen LogP contribution in [0.15, 0.2) is 0 Å². The van der Waals surface area contributed by atoms with Crippen molar-refractivity contribution in [2.75, 3.05) is 6.54 Å². The average Bonchev–Trinajstić information content (AvgIpc) is 2.99. The molecule has 0 aromatic carbocycles. The van der Waals surface area contributed by atoms with Gasteiger partial charge in [0.05, 0.1) is 17.8 Å². The Morgan fingerprint density at radius 2 is 2.11 bits per heavy atom. The van der Waals surface area contributed by atoms with Crippen LogP contribution in [0.2, 0.25) is 0 Å². The van der Waals surface area contributed by atoms with E-state index >= 15 is 0 Å². The topological polar surface area (TPSA) is 55.5 Å². The smallest absolute Gasteiger partial charge is 0.0744 e. The van der Waals surface area contributed by atoms with Crippen LogP contribution < -0.4 is 5.73 Å². The molecule has 2 aliphatic heterocycles. The second-order valence-corrected chi connectivity index (χ2v) is 6.79. The summed E-state index contributed by atoms with van der Waals surface area (Å²) in [7, 11) is 0. The van der Waals surface area contributed by atoms with Crippen molar-refractivity contribution in [1.29, 1.82) is 0 Å². The summed E-state index contributed by atoms with van der Waals surface area (Å²) in [5.74, 6) is 0.673. The molecule has 0 spiro atoms. The van der Waals surface area contributed by atoms with Gasteiger partial charge in [0.2, 0.25) is 0 Å². The Bertz CT molecular complexity index is 322. The van der Waals surface area contributed by atoms with E-state index in [0.717, 1.165) is 32.1 Å². The summed E-state index contributed by atoms with van der Waals surface area (Å²) in [6.07, 6.45) is 9.29. The van der Waals surface area contributed by atoms with Gasteiger partial charge in [-0.15, -0.1) is 0 Å². The van der Waals surface area contributed by atoms with Crippen molar-refractivity contribution in [3.05, 3.63) is 0 Å². The van der Waals surface area contributed by atoms with E-state index in [1.165, 1.54) is 19.3 Å². The fourth-order valence-electron chi connectivity index (χ4n) is 4.86. The first-order chi connectivity index (χ1) is 8.63. The molecule has 0 aromatic rings. The summed E-state index contributed by atoms with van der Waals surface area (Å²) in [5, 5.41) is 11.3. The van der Waals surface area contributed by atoms with Gasteiger partial charge in [-0.25, -0.2) is 0 Å². The predicted molar refractivity (Wildman–Crippen MR) is 71.2 cm³/mol. The van der Waals surface area contributed by atoms with Crippen LogP contribution in [-0.4, -0.2) is 29.5 Å². The van der Waals surface area contributed by atoms with E-state index in [9.17, 15) is 5.11 Å². The number of aliphatic hydroxyl groups is 1. The summed E-state index contributed by atoms with van der Waals surface area (Å²) < 4.78 is 6.03. The van der Waals surface area contributed by atoms with Crippen LogP contribution in [0, 0.1) is 11.3 Å². The quantitative estimate of drug-likeness (QED) is 0.811. The molecule has 3 nitrogen and oxygen atoms in total. The van der Waals surface area contributed by atoms with Crippen LogP contribution in [0.5, 0.6) is 0 Å². The SMILES string of the molecule is CCC1CCCC(O)(C2(CN)CC3CCC2O3)C1. The molecule has 5 atom stereocenters. The summed E-state index contributed by atoms with van der Waals surface area (Å²) in [5.41, 5.74) is 5.40. The van der Waals surface area contributed by atoms with E-state index in [2.05, 4.69) is 6.92 Å². The van der Waals surface area contributed by atoms with Crippen molar-refractivity contribution < 1.29 is 9.84 Å². The van der Waals surface area contributed by atoms with Gasteiger partial charge in [0, 0.05) is 12.0 Å². The van der Waals surface area contributed by atoms with Crippen molar-refractivity contribution in [3.8, 4) is 0 Å². The molecule has 2 bridgehead atoms. The van der Waals surface area contributed by atoms with Crippen LogP contribution in [0.25, 0.3) is 0 Å². The number of fused-ring (bicyclic) bond motifs is 2. The van der Waals surface area contributed by atoms with Crippen LogP contribution in [0.4, 0.5) is 0 Å². The first kappa shape index (κ1) is 12.9. The van der Waals surface area contributed by atoms with Crippen molar-refractivity contribution in [2.45, 2.75) is 76.1 Å². The van der Waals surface area contributed by atoms with Crippen LogP contribution >= 0.6 is 0 Å². The standard InChI is InChI=1S/C15H27NO2/c1-2-11-4-3-7-15(17,8-11)14(10-16)9-12-5-6-13(14)18-12/h11-13,17H,2-10,16H2,1H3. The first-order valence-electron chi connectivity index (χ1n) is 7.71. The summed E-state index contributed by atoms with van der Waals surface area (Å²) in [4.78, 5) is 0. The third-order valence-electron chi connectivity index (χ3n) is 6.01. The number of ether oxygens (including phenoxy) is 1. The molecule has 1 aliphatic carbocycles. The minimum atomic E-state index is -0.569. The highest BCUT2D eigenvalue weighted by Gasteiger charge is 2.62. The molecule has 18 heavy (non-hydrogen) atoms. The minimum Gasteiger partial charge on any atom is -0.389 e. The largest absolute Gasteiger partial charge is 0.389 e. The minimum absolute atomic E-state index is 0.149. The lowest BCUT2D eigenvalue weighted by Crippen LogP contribution is -2.59. The zero-order chi connectivity index (χ0) is 12.8. The molecule has 5 unspecified atom stereocenters. The maximum Gasteiger partial charge on any atom is 0.0744 e. The third-order valence-corrected chi connectivity index (χ3v) is 6.01. The molecule has 0 aromatic heterocycles. The van der Waals surface area contributed by atoms with Crippen LogP contribution in [-0.2, 0) is 4.74 Å². The zero-order valence-electron chi connectivity index (χ0n) is 11.5. The van der Waals surface area contributed by atoms with Gasteiger partial charge in [0.15, 0.2) is 0 Å². The Balaban J connectivity index is 1.86. The Morgan fingerprint density at radius 3 is 2.67 bits per heavy atom. The zero-order valence-corrected chi connectivity index (χ0v) is 11.5. The van der Waals surface area contributed by atoms with Gasteiger partial charge in [-0.2, -0.15) is 0 Å². The maximum atomic E-state index is 11.3. The van der Waals surface area contributed by atoms with Gasteiger partial charge in [-0.1, -0.05) is 26.2 Å². The normalized spacial score (nSPS) is 51.8. The number of nitrogens with two attached hydrogens (primary N) is 1. The van der Waals surface area contributed by atoms with Crippen molar-refractivity contribution in [1.82, 2.24) is 0 Å². The molecular formula is C15H27NO2. The lowest BCUT2D eigenvalue weighted by molar-refractivity contribution is -0.141. The molecule has 3 N–H and O–H groups in total. The van der Waals surface area contributed by atoms with Crippen LogP contribution in [0.1, 0.15) is 58.3 Å². The maximum absolute atomic E-state index is 11.3. The Morgan fingerprint density at radius 1 is 1.28 bits per heavy atom. The number of hydrogen-bond donors (Lipinski definition) is 2. The van der Waals surface area contributed by atoms with E-state index in [1.54, 1.807) is 0 Å². The molecule has 2 heterocycles. The van der Waals surface area contributed by atoms with Crippen molar-refractivity contribution >= 4 is 0 Å². The fourth-order valence-corrected chi connectivity index (χ4v) is 4.86. The predicted octanol–water partition coefficient (Wildman–Crippen LogP) is 2.21. The van der Waals surface area contributed by atoms with Gasteiger partial charge in [0.1, 0.15) is 0 Å². The molecule has 3 heteroatoms. The summed E-state index contributed by atoms with van der Waals surface area (Å²) in [6, 6.07) is 0. The van der Waals surface area contributed by atoms with E-state index in [0.29, 0.717) is 18.6 Å². The molecule has 104 valence electrons. The van der Waals surface area contributed by atoms with Gasteiger partial charge >= 0.3 is 0 Å². The molecule has 0 amide bonds. The molecule has 2 saturated heterocycles. The fraction of sp³-hybridized carbons (Fsp3) is 1.00. The van der Waals surface area contributed by atoms with E-state index in [-0.39, 0.29) is 11.5 Å². The van der Waals surface area contributed by atoms with Crippen LogP contribution in [0.3, 0.4) is 0 Å². The lowest BCUT2D eigenvalue weighted by atomic mass is 9.57. The second kappa shape index (κ2) is 4.46. The highest BCUT2D eigenvalue weighted by molar-refractivity contribution is 5.12. The molecule has 0 radical (unpaired) electrons. The monoisotopic (exact) mass is 253 g/mol. The molecule has 3 rings (SSSR count). The third kappa shape index (κ3) is 1.67. The van der Waals surface area contributed by atoms with Crippen molar-refractivity contribution in [3.63, 3.8) is 0 Å². The van der Waals surface area contributed by atoms with E-state index in [1.807, 2.05) is 0 Å². The van der Waals surface area contributed by atoms with Gasteiger partial charge < -0.3 is 15.6 Å². The first-order valence-corrected chi connectivity index (χ1v) is 7.71. The van der Waals surface area contributed by atoms with E-state index in [4.69, 9.17) is 10.5 Å². The van der Waals surface area contributed by atoms with Gasteiger partial charge in [0.25, 0.3) is 0 Å². The molecule has 3 aliphatic rings. The second-order valence-electron chi connectivity index (χ2n) is 6.79. The number of hydrogen-bond acceptors (Lipinski definition) is 3. The lowest BCUT2D eigenvalue weighted by Gasteiger charge is -2.51. The Kier molecular flexibility index (Phi) is 3.20. The molecular weight excluding hydrogens is 226 g/mol. The molecule has 1 saturated carbocycles. The molecule has 3 fully saturated rings. The Labute approximate surface area is 110 Å². The van der Waals surface area contributed by atoms with E-state index < -0.39 is 5.60 Å². The van der Waals surface area contributed by atoms with Gasteiger partial charge in [-0.3, -0.25) is 0 Å². The average molecular weight is 253 g/mol. The van der Waals surface area contributed by atoms with Crippen molar-refractivity contribution in [2.24, 2.45) is 17.1 Å². The highest BCUT2D eigenvalue weighted by atomic mass is 16.5.